The van der Waals surface area contributed by atoms with Crippen molar-refractivity contribution in [3.8, 4) is 5.75 Å². The van der Waals surface area contributed by atoms with Crippen LogP contribution in [0.15, 0.2) is 109 Å². The van der Waals surface area contributed by atoms with Crippen molar-refractivity contribution < 1.29 is 22.7 Å². The molecule has 44 heavy (non-hydrogen) atoms. The smallest absolute Gasteiger partial charge is 0.243 e. The molecule has 2 amide bonds. The molecule has 0 aromatic heterocycles. The molecule has 0 bridgehead atoms. The van der Waals surface area contributed by atoms with E-state index in [9.17, 15) is 18.0 Å². The predicted molar refractivity (Wildman–Crippen MR) is 172 cm³/mol. The lowest BCUT2D eigenvalue weighted by Crippen LogP contribution is -2.53. The zero-order valence-corrected chi connectivity index (χ0v) is 26.3. The first-order chi connectivity index (χ1) is 21.1. The van der Waals surface area contributed by atoms with Gasteiger partial charge in [-0.1, -0.05) is 96.5 Å². The first-order valence-corrected chi connectivity index (χ1v) is 16.3. The van der Waals surface area contributed by atoms with Gasteiger partial charge in [-0.2, -0.15) is 4.31 Å². The van der Waals surface area contributed by atoms with E-state index >= 15 is 0 Å². The Morgan fingerprint density at radius 2 is 1.32 bits per heavy atom. The molecule has 4 aromatic carbocycles. The second kappa shape index (κ2) is 15.5. The summed E-state index contributed by atoms with van der Waals surface area (Å²) in [5, 5.41) is 3.52. The summed E-state index contributed by atoms with van der Waals surface area (Å²) in [5.41, 5.74) is 3.21. The molecule has 0 aliphatic rings. The molecule has 4 aromatic rings. The van der Waals surface area contributed by atoms with E-state index < -0.39 is 28.5 Å². The Morgan fingerprint density at radius 3 is 1.89 bits per heavy atom. The van der Waals surface area contributed by atoms with Gasteiger partial charge in [0, 0.05) is 31.1 Å². The van der Waals surface area contributed by atoms with Crippen LogP contribution in [0.4, 0.5) is 0 Å². The maximum absolute atomic E-state index is 14.1. The van der Waals surface area contributed by atoms with Crippen molar-refractivity contribution in [2.24, 2.45) is 0 Å². The highest BCUT2D eigenvalue weighted by atomic mass is 35.5. The van der Waals surface area contributed by atoms with Gasteiger partial charge in [-0.3, -0.25) is 9.59 Å². The number of nitrogens with one attached hydrogen (secondary N) is 1. The maximum atomic E-state index is 14.1. The number of rotatable bonds is 14. The summed E-state index contributed by atoms with van der Waals surface area (Å²) in [4.78, 5) is 29.5. The van der Waals surface area contributed by atoms with Crippen molar-refractivity contribution in [3.63, 3.8) is 0 Å². The third kappa shape index (κ3) is 9.67. The van der Waals surface area contributed by atoms with Gasteiger partial charge >= 0.3 is 0 Å². The van der Waals surface area contributed by atoms with Crippen LogP contribution in [0, 0.1) is 0 Å². The van der Waals surface area contributed by atoms with Gasteiger partial charge in [-0.05, 0) is 46.5 Å². The number of hydrogen-bond acceptors (Lipinski definition) is 5. The van der Waals surface area contributed by atoms with Crippen LogP contribution in [0.25, 0.3) is 0 Å². The van der Waals surface area contributed by atoms with Crippen LogP contribution in [-0.2, 0) is 45.7 Å². The second-order valence-electron chi connectivity index (χ2n) is 10.4. The number of sulfonamides is 1. The fourth-order valence-electron chi connectivity index (χ4n) is 4.71. The van der Waals surface area contributed by atoms with Crippen molar-refractivity contribution in [2.75, 3.05) is 19.9 Å². The number of benzene rings is 4. The van der Waals surface area contributed by atoms with E-state index in [0.29, 0.717) is 10.8 Å². The van der Waals surface area contributed by atoms with Gasteiger partial charge in [0.1, 0.15) is 11.8 Å². The van der Waals surface area contributed by atoms with Gasteiger partial charge < -0.3 is 15.0 Å². The molecule has 1 N–H and O–H groups in total. The van der Waals surface area contributed by atoms with Crippen molar-refractivity contribution in [2.45, 2.75) is 32.1 Å². The number of amides is 2. The molecule has 0 spiro atoms. The van der Waals surface area contributed by atoms with Crippen LogP contribution < -0.4 is 10.1 Å². The van der Waals surface area contributed by atoms with Crippen LogP contribution in [0.3, 0.4) is 0 Å². The summed E-state index contributed by atoms with van der Waals surface area (Å²) in [7, 11) is -2.18. The number of hydrogen-bond donors (Lipinski definition) is 1. The van der Waals surface area contributed by atoms with Crippen molar-refractivity contribution in [3.05, 3.63) is 136 Å². The minimum atomic E-state index is -3.77. The Bertz CT molecular complexity index is 1620. The van der Waals surface area contributed by atoms with Crippen LogP contribution in [0.5, 0.6) is 5.75 Å². The molecular weight excluding hydrogens is 598 g/mol. The van der Waals surface area contributed by atoms with Crippen LogP contribution in [0.1, 0.15) is 22.3 Å². The third-order valence-electron chi connectivity index (χ3n) is 7.15. The molecule has 1 atom stereocenters. The molecule has 0 saturated heterocycles. The first kappa shape index (κ1) is 32.7. The summed E-state index contributed by atoms with van der Waals surface area (Å²) in [6, 6.07) is 31.9. The Kier molecular flexibility index (Phi) is 11.5. The van der Waals surface area contributed by atoms with Crippen LogP contribution >= 0.6 is 11.6 Å². The second-order valence-corrected chi connectivity index (χ2v) is 12.9. The van der Waals surface area contributed by atoms with Gasteiger partial charge in [0.25, 0.3) is 0 Å². The highest BCUT2D eigenvalue weighted by Gasteiger charge is 2.33. The molecular formula is C34H36ClN3O5S. The summed E-state index contributed by atoms with van der Waals surface area (Å²) in [6.07, 6.45) is 1.31. The van der Waals surface area contributed by atoms with E-state index in [1.54, 1.807) is 43.5 Å². The molecule has 0 fully saturated rings. The SMILES string of the molecule is COc1ccc(CNC(=O)C(Cc2ccccc2)N(Cc2ccc(Cl)cc2)C(=O)CN(Cc2ccccc2)S(C)(=O)=O)cc1. The number of ether oxygens (including phenoxy) is 1. The molecule has 1 unspecified atom stereocenters. The van der Waals surface area contributed by atoms with Crippen molar-refractivity contribution >= 4 is 33.4 Å². The number of nitrogens with zero attached hydrogens (tertiary/aromatic N) is 2. The maximum Gasteiger partial charge on any atom is 0.243 e. The minimum absolute atomic E-state index is 0.0210. The number of carbonyl (C=O) groups excluding carboxylic acids is 2. The fourth-order valence-corrected chi connectivity index (χ4v) is 5.56. The average molecular weight is 634 g/mol. The average Bonchev–Trinajstić information content (AvgIpc) is 3.03. The predicted octanol–water partition coefficient (Wildman–Crippen LogP) is 5.07. The Hall–Kier alpha value is -4.18. The van der Waals surface area contributed by atoms with Gasteiger partial charge in [0.2, 0.25) is 21.8 Å². The van der Waals surface area contributed by atoms with Crippen LogP contribution in [0.2, 0.25) is 5.02 Å². The lowest BCUT2D eigenvalue weighted by Gasteiger charge is -2.33. The van der Waals surface area contributed by atoms with Gasteiger partial charge in [-0.25, -0.2) is 8.42 Å². The molecule has 230 valence electrons. The Labute approximate surface area is 264 Å². The number of methoxy groups -OCH3 is 1. The summed E-state index contributed by atoms with van der Waals surface area (Å²) in [6.45, 7) is -0.0987. The number of halogens is 1. The molecule has 4 rings (SSSR count). The molecule has 0 aliphatic heterocycles. The largest absolute Gasteiger partial charge is 0.497 e. The molecule has 8 nitrogen and oxygen atoms in total. The summed E-state index contributed by atoms with van der Waals surface area (Å²) < 4.78 is 32.0. The van der Waals surface area contributed by atoms with Crippen molar-refractivity contribution in [1.82, 2.24) is 14.5 Å². The molecule has 0 saturated carbocycles. The van der Waals surface area contributed by atoms with E-state index in [2.05, 4.69) is 5.32 Å². The number of carbonyl (C=O) groups is 2. The molecule has 10 heteroatoms. The van der Waals surface area contributed by atoms with E-state index in [-0.39, 0.29) is 32.0 Å². The first-order valence-electron chi connectivity index (χ1n) is 14.1. The minimum Gasteiger partial charge on any atom is -0.497 e. The Morgan fingerprint density at radius 1 is 0.773 bits per heavy atom. The molecule has 0 radical (unpaired) electrons. The monoisotopic (exact) mass is 633 g/mol. The zero-order chi connectivity index (χ0) is 31.5. The molecule has 0 heterocycles. The standard InChI is InChI=1S/C34H36ClN3O5S/c1-43-31-19-15-27(16-20-31)22-36-34(40)32(21-26-9-5-3-6-10-26)38(24-29-13-17-30(35)18-14-29)33(39)25-37(44(2,41)42)23-28-11-7-4-8-12-28/h3-20,32H,21-25H2,1-2H3,(H,36,40). The Balaban J connectivity index is 1.66. The van der Waals surface area contributed by atoms with Gasteiger partial charge in [-0.15, -0.1) is 0 Å². The van der Waals surface area contributed by atoms with E-state index in [4.69, 9.17) is 16.3 Å². The topological polar surface area (TPSA) is 96.0 Å². The zero-order valence-electron chi connectivity index (χ0n) is 24.7. The quantitative estimate of drug-likeness (QED) is 0.209. The van der Waals surface area contributed by atoms with E-state index in [0.717, 1.165) is 32.8 Å². The van der Waals surface area contributed by atoms with Crippen LogP contribution in [-0.4, -0.2) is 55.4 Å². The van der Waals surface area contributed by atoms with E-state index in [1.165, 1.54) is 4.90 Å². The van der Waals surface area contributed by atoms with E-state index in [1.807, 2.05) is 72.8 Å². The third-order valence-corrected chi connectivity index (χ3v) is 8.59. The van der Waals surface area contributed by atoms with Gasteiger partial charge in [0.15, 0.2) is 0 Å². The highest BCUT2D eigenvalue weighted by molar-refractivity contribution is 7.88. The van der Waals surface area contributed by atoms with Gasteiger partial charge in [0.05, 0.1) is 19.9 Å². The summed E-state index contributed by atoms with van der Waals surface area (Å²) in [5.74, 6) is -0.157. The molecule has 0 aliphatic carbocycles. The highest BCUT2D eigenvalue weighted by Crippen LogP contribution is 2.19. The lowest BCUT2D eigenvalue weighted by molar-refractivity contribution is -0.141. The van der Waals surface area contributed by atoms with Crippen molar-refractivity contribution in [1.29, 1.82) is 0 Å². The summed E-state index contributed by atoms with van der Waals surface area (Å²) >= 11 is 6.12. The normalized spacial score (nSPS) is 12.0. The lowest BCUT2D eigenvalue weighted by atomic mass is 10.0. The fraction of sp³-hybridized carbons (Fsp3) is 0.235.